The summed E-state index contributed by atoms with van der Waals surface area (Å²) in [6, 6.07) is 28.7. The Balaban J connectivity index is 1.61. The van der Waals surface area contributed by atoms with E-state index in [0.29, 0.717) is 6.54 Å². The first-order valence-corrected chi connectivity index (χ1v) is 12.8. The van der Waals surface area contributed by atoms with Crippen molar-refractivity contribution >= 4 is 34.2 Å². The Labute approximate surface area is 220 Å². The van der Waals surface area contributed by atoms with Gasteiger partial charge in [-0.3, -0.25) is 9.80 Å². The van der Waals surface area contributed by atoms with Crippen LogP contribution in [0.5, 0.6) is 0 Å². The van der Waals surface area contributed by atoms with Crippen molar-refractivity contribution in [2.75, 3.05) is 19.0 Å². The Morgan fingerprint density at radius 3 is 2.26 bits per heavy atom. The summed E-state index contributed by atoms with van der Waals surface area (Å²) in [7, 11) is 4.09. The van der Waals surface area contributed by atoms with E-state index in [-0.39, 0.29) is 18.0 Å². The lowest BCUT2D eigenvalue weighted by Crippen LogP contribution is -2.43. The van der Waals surface area contributed by atoms with Crippen LogP contribution in [0, 0.1) is 3.57 Å². The number of amides is 1. The maximum absolute atomic E-state index is 14.2. The molecule has 0 radical (unpaired) electrons. The third kappa shape index (κ3) is 4.86. The van der Waals surface area contributed by atoms with E-state index in [0.717, 1.165) is 32.4 Å². The maximum atomic E-state index is 14.2. The molecule has 1 amide bonds. The van der Waals surface area contributed by atoms with Crippen LogP contribution in [0.25, 0.3) is 0 Å². The standard InChI is InChI=1S/C29H28IN3O2/c1-31(2)24-14-12-23(13-15-24)27-18-28(22-8-4-3-5-9-22)33(32(27)19-21-16-17-35-20-21)29(34)25-10-6-7-11-26(25)30/h3-17,20,27-28H,18-19H2,1-2H3/t27-,28-/m0/s1. The zero-order valence-electron chi connectivity index (χ0n) is 19.8. The molecule has 0 bridgehead atoms. The molecule has 0 spiro atoms. The lowest BCUT2D eigenvalue weighted by molar-refractivity contribution is -0.0187. The van der Waals surface area contributed by atoms with Crippen LogP contribution in [-0.2, 0) is 6.54 Å². The van der Waals surface area contributed by atoms with Crippen molar-refractivity contribution in [3.05, 3.63) is 123 Å². The lowest BCUT2D eigenvalue weighted by Gasteiger charge is -2.35. The fourth-order valence-corrected chi connectivity index (χ4v) is 5.41. The number of halogens is 1. The van der Waals surface area contributed by atoms with Crippen molar-refractivity contribution in [2.24, 2.45) is 0 Å². The second kappa shape index (κ2) is 10.3. The molecule has 1 saturated heterocycles. The monoisotopic (exact) mass is 577 g/mol. The topological polar surface area (TPSA) is 39.9 Å². The van der Waals surface area contributed by atoms with E-state index in [1.807, 2.05) is 67.6 Å². The van der Waals surface area contributed by atoms with Crippen LogP contribution in [0.1, 0.15) is 45.6 Å². The van der Waals surface area contributed by atoms with Gasteiger partial charge in [0, 0.05) is 35.5 Å². The minimum Gasteiger partial charge on any atom is -0.472 e. The van der Waals surface area contributed by atoms with Gasteiger partial charge in [-0.05, 0) is 70.5 Å². The number of rotatable bonds is 6. The molecule has 5 rings (SSSR count). The van der Waals surface area contributed by atoms with Crippen LogP contribution in [0.15, 0.2) is 102 Å². The van der Waals surface area contributed by atoms with Crippen molar-refractivity contribution in [2.45, 2.75) is 25.0 Å². The van der Waals surface area contributed by atoms with Crippen molar-refractivity contribution in [3.63, 3.8) is 0 Å². The molecule has 4 aromatic rings. The summed E-state index contributed by atoms with van der Waals surface area (Å²) in [5.74, 6) is 0.0137. The molecule has 0 N–H and O–H groups in total. The average molecular weight is 577 g/mol. The largest absolute Gasteiger partial charge is 0.472 e. The van der Waals surface area contributed by atoms with E-state index >= 15 is 0 Å². The molecular formula is C29H28IN3O2. The minimum absolute atomic E-state index is 0.0137. The van der Waals surface area contributed by atoms with Gasteiger partial charge in [0.15, 0.2) is 0 Å². The molecule has 35 heavy (non-hydrogen) atoms. The van der Waals surface area contributed by atoms with Gasteiger partial charge in [-0.25, -0.2) is 5.01 Å². The number of furan rings is 1. The van der Waals surface area contributed by atoms with Crippen molar-refractivity contribution < 1.29 is 9.21 Å². The summed E-state index contributed by atoms with van der Waals surface area (Å²) < 4.78 is 6.33. The van der Waals surface area contributed by atoms with Crippen molar-refractivity contribution in [1.82, 2.24) is 10.0 Å². The fraction of sp³-hybridized carbons (Fsp3) is 0.207. The number of hydrazine groups is 1. The third-order valence-corrected chi connectivity index (χ3v) is 7.53. The Bertz CT molecular complexity index is 1270. The summed E-state index contributed by atoms with van der Waals surface area (Å²) in [4.78, 5) is 16.3. The molecule has 0 aliphatic carbocycles. The first-order chi connectivity index (χ1) is 17.0. The minimum atomic E-state index is -0.0786. The molecule has 6 heteroatoms. The first-order valence-electron chi connectivity index (χ1n) is 11.7. The fourth-order valence-electron chi connectivity index (χ4n) is 4.79. The van der Waals surface area contributed by atoms with Gasteiger partial charge in [-0.1, -0.05) is 54.6 Å². The number of carbonyl (C=O) groups is 1. The zero-order chi connectivity index (χ0) is 24.4. The van der Waals surface area contributed by atoms with Crippen LogP contribution in [0.3, 0.4) is 0 Å². The van der Waals surface area contributed by atoms with E-state index in [1.54, 1.807) is 12.5 Å². The van der Waals surface area contributed by atoms with Gasteiger partial charge in [-0.15, -0.1) is 0 Å². The summed E-state index contributed by atoms with van der Waals surface area (Å²) in [6.07, 6.45) is 4.25. The quantitative estimate of drug-likeness (QED) is 0.239. The maximum Gasteiger partial charge on any atom is 0.269 e. The summed E-state index contributed by atoms with van der Waals surface area (Å²) in [5.41, 5.74) is 5.23. The molecule has 1 fully saturated rings. The van der Waals surface area contributed by atoms with Crippen molar-refractivity contribution in [3.8, 4) is 0 Å². The summed E-state index contributed by atoms with van der Waals surface area (Å²) in [5, 5.41) is 4.20. The Morgan fingerprint density at radius 1 is 0.914 bits per heavy atom. The summed E-state index contributed by atoms with van der Waals surface area (Å²) in [6.45, 7) is 0.578. The molecule has 178 valence electrons. The number of hydrogen-bond donors (Lipinski definition) is 0. The second-order valence-corrected chi connectivity index (χ2v) is 10.2. The van der Waals surface area contributed by atoms with Gasteiger partial charge < -0.3 is 9.32 Å². The Morgan fingerprint density at radius 2 is 1.60 bits per heavy atom. The van der Waals surface area contributed by atoms with Crippen molar-refractivity contribution in [1.29, 1.82) is 0 Å². The highest BCUT2D eigenvalue weighted by molar-refractivity contribution is 14.1. The molecule has 3 aromatic carbocycles. The normalized spacial score (nSPS) is 18.1. The first kappa shape index (κ1) is 23.6. The SMILES string of the molecule is CN(C)c1ccc([C@@H]2C[C@@H](c3ccccc3)N(C(=O)c3ccccc3I)N2Cc2ccoc2)cc1. The van der Waals surface area contributed by atoms with E-state index in [4.69, 9.17) is 4.42 Å². The highest BCUT2D eigenvalue weighted by atomic mass is 127. The lowest BCUT2D eigenvalue weighted by atomic mass is 9.96. The second-order valence-electron chi connectivity index (χ2n) is 9.02. The highest BCUT2D eigenvalue weighted by Crippen LogP contribution is 2.46. The van der Waals surface area contributed by atoms with Crippen LogP contribution < -0.4 is 4.90 Å². The van der Waals surface area contributed by atoms with Crippen LogP contribution in [0.2, 0.25) is 0 Å². The predicted molar refractivity (Wildman–Crippen MR) is 147 cm³/mol. The predicted octanol–water partition coefficient (Wildman–Crippen LogP) is 6.70. The van der Waals surface area contributed by atoms with Crippen LogP contribution in [-0.4, -0.2) is 30.0 Å². The molecule has 2 atom stereocenters. The van der Waals surface area contributed by atoms with Crippen LogP contribution >= 0.6 is 22.6 Å². The molecule has 2 heterocycles. The van der Waals surface area contributed by atoms with E-state index in [1.165, 1.54) is 5.56 Å². The number of benzene rings is 3. The average Bonchev–Trinajstić information content (AvgIpc) is 3.53. The van der Waals surface area contributed by atoms with Crippen LogP contribution in [0.4, 0.5) is 5.69 Å². The smallest absolute Gasteiger partial charge is 0.269 e. The van der Waals surface area contributed by atoms with E-state index < -0.39 is 0 Å². The van der Waals surface area contributed by atoms with Gasteiger partial charge in [-0.2, -0.15) is 0 Å². The molecule has 5 nitrogen and oxygen atoms in total. The van der Waals surface area contributed by atoms with E-state index in [2.05, 4.69) is 68.9 Å². The number of carbonyl (C=O) groups excluding carboxylic acids is 1. The molecule has 1 aliphatic rings. The van der Waals surface area contributed by atoms with Gasteiger partial charge in [0.2, 0.25) is 0 Å². The Kier molecular flexibility index (Phi) is 6.92. The van der Waals surface area contributed by atoms with E-state index in [9.17, 15) is 4.79 Å². The zero-order valence-corrected chi connectivity index (χ0v) is 22.0. The molecule has 1 aliphatic heterocycles. The molecule has 1 aromatic heterocycles. The van der Waals surface area contributed by atoms with Gasteiger partial charge in [0.1, 0.15) is 0 Å². The highest BCUT2D eigenvalue weighted by Gasteiger charge is 2.44. The third-order valence-electron chi connectivity index (χ3n) is 6.59. The number of anilines is 1. The van der Waals surface area contributed by atoms with Gasteiger partial charge in [0.05, 0.1) is 30.2 Å². The number of nitrogens with zero attached hydrogens (tertiary/aromatic N) is 3. The summed E-state index contributed by atoms with van der Waals surface area (Å²) >= 11 is 2.25. The molecule has 0 unspecified atom stereocenters. The molecule has 0 saturated carbocycles. The Hall–Kier alpha value is -3.10. The molecular weight excluding hydrogens is 549 g/mol. The van der Waals surface area contributed by atoms with Gasteiger partial charge in [0.25, 0.3) is 5.91 Å². The number of hydrogen-bond acceptors (Lipinski definition) is 4. The van der Waals surface area contributed by atoms with Gasteiger partial charge >= 0.3 is 0 Å².